The van der Waals surface area contributed by atoms with Crippen LogP contribution >= 0.6 is 0 Å². The summed E-state index contributed by atoms with van der Waals surface area (Å²) in [5, 5.41) is 4.26. The number of furan rings is 2. The number of nitrogens with zero attached hydrogens (tertiary/aromatic N) is 1. The molecular weight excluding hydrogens is 611 g/mol. The van der Waals surface area contributed by atoms with E-state index in [4.69, 9.17) is 8.83 Å². The van der Waals surface area contributed by atoms with E-state index in [1.165, 1.54) is 16.7 Å². The maximum atomic E-state index is 6.34. The van der Waals surface area contributed by atoms with Crippen LogP contribution in [0.3, 0.4) is 0 Å². The first-order chi connectivity index (χ1) is 24.6. The molecule has 0 aliphatic carbocycles. The average molecular weight is 646 g/mol. The third-order valence-electron chi connectivity index (χ3n) is 9.43. The van der Waals surface area contributed by atoms with Crippen LogP contribution in [-0.4, -0.2) is 6.72 Å². The first-order valence-corrected chi connectivity index (χ1v) is 16.8. The molecule has 3 heteroatoms. The van der Waals surface area contributed by atoms with Crippen LogP contribution in [0.25, 0.3) is 73.0 Å². The second kappa shape index (κ2) is 13.2. The van der Waals surface area contributed by atoms with Gasteiger partial charge in [0.2, 0.25) is 0 Å². The Morgan fingerprint density at radius 3 is 2.02 bits per heavy atom. The van der Waals surface area contributed by atoms with E-state index in [1.807, 2.05) is 43.3 Å². The first kappa shape index (κ1) is 30.9. The maximum Gasteiger partial charge on any atom is 0.136 e. The molecule has 8 rings (SSSR count). The highest BCUT2D eigenvalue weighted by molar-refractivity contribution is 6.05. The van der Waals surface area contributed by atoms with E-state index in [0.29, 0.717) is 0 Å². The van der Waals surface area contributed by atoms with Gasteiger partial charge in [-0.2, -0.15) is 0 Å². The third-order valence-corrected chi connectivity index (χ3v) is 9.43. The molecule has 50 heavy (non-hydrogen) atoms. The Bertz CT molecular complexity index is 2690. The molecule has 0 saturated heterocycles. The van der Waals surface area contributed by atoms with Gasteiger partial charge in [0, 0.05) is 32.9 Å². The van der Waals surface area contributed by atoms with Crippen molar-refractivity contribution < 1.29 is 8.83 Å². The minimum atomic E-state index is -0.137. The summed E-state index contributed by atoms with van der Waals surface area (Å²) in [5.74, 6) is -0.137. The highest BCUT2D eigenvalue weighted by Gasteiger charge is 2.17. The topological polar surface area (TPSA) is 38.6 Å². The van der Waals surface area contributed by atoms with E-state index < -0.39 is 0 Å². The van der Waals surface area contributed by atoms with E-state index >= 15 is 0 Å². The Balaban J connectivity index is 1.24. The summed E-state index contributed by atoms with van der Waals surface area (Å²) in [6, 6.07) is 48.9. The molecule has 1 atom stereocenters. The van der Waals surface area contributed by atoms with Crippen LogP contribution in [-0.2, 0) is 0 Å². The molecule has 0 saturated carbocycles. The molecule has 240 valence electrons. The van der Waals surface area contributed by atoms with Crippen molar-refractivity contribution in [3.8, 4) is 22.3 Å². The van der Waals surface area contributed by atoms with Crippen molar-refractivity contribution in [3.63, 3.8) is 0 Å². The lowest BCUT2D eigenvalue weighted by molar-refractivity contribution is 0.574. The molecule has 3 nitrogen and oxygen atoms in total. The Kier molecular flexibility index (Phi) is 8.16. The molecule has 0 spiro atoms. The number of aliphatic imine (C=N–C) groups is 1. The molecule has 2 heterocycles. The fourth-order valence-corrected chi connectivity index (χ4v) is 6.91. The van der Waals surface area contributed by atoms with Gasteiger partial charge in [-0.15, -0.1) is 0 Å². The van der Waals surface area contributed by atoms with Gasteiger partial charge >= 0.3 is 0 Å². The van der Waals surface area contributed by atoms with Gasteiger partial charge in [-0.3, -0.25) is 4.99 Å². The van der Waals surface area contributed by atoms with Crippen molar-refractivity contribution in [2.24, 2.45) is 4.99 Å². The summed E-state index contributed by atoms with van der Waals surface area (Å²) in [5.41, 5.74) is 12.0. The summed E-state index contributed by atoms with van der Waals surface area (Å²) in [6.07, 6.45) is 7.98. The summed E-state index contributed by atoms with van der Waals surface area (Å²) in [6.45, 7) is 9.90. The highest BCUT2D eigenvalue weighted by Crippen LogP contribution is 2.36. The molecule has 8 aromatic rings. The van der Waals surface area contributed by atoms with Gasteiger partial charge in [0.15, 0.2) is 0 Å². The van der Waals surface area contributed by atoms with Crippen LogP contribution in [0, 0.1) is 0 Å². The minimum Gasteiger partial charge on any atom is -0.456 e. The van der Waals surface area contributed by atoms with E-state index in [-0.39, 0.29) is 5.92 Å². The van der Waals surface area contributed by atoms with Crippen LogP contribution in [0.1, 0.15) is 29.5 Å². The second-order valence-corrected chi connectivity index (χ2v) is 12.4. The smallest absolute Gasteiger partial charge is 0.136 e. The van der Waals surface area contributed by atoms with Gasteiger partial charge in [-0.25, -0.2) is 0 Å². The zero-order valence-electron chi connectivity index (χ0n) is 27.8. The van der Waals surface area contributed by atoms with Gasteiger partial charge in [0.25, 0.3) is 0 Å². The van der Waals surface area contributed by atoms with Gasteiger partial charge < -0.3 is 8.83 Å². The van der Waals surface area contributed by atoms with E-state index in [1.54, 1.807) is 6.08 Å². The molecule has 0 aliphatic rings. The van der Waals surface area contributed by atoms with Gasteiger partial charge in [0.05, 0.1) is 5.70 Å². The Morgan fingerprint density at radius 1 is 0.600 bits per heavy atom. The number of fused-ring (bicyclic) bond motifs is 4. The lowest BCUT2D eigenvalue weighted by Gasteiger charge is -2.17. The van der Waals surface area contributed by atoms with Crippen LogP contribution in [0.4, 0.5) is 0 Å². The van der Waals surface area contributed by atoms with Gasteiger partial charge in [-0.05, 0) is 89.5 Å². The number of para-hydroxylation sites is 1. The van der Waals surface area contributed by atoms with Gasteiger partial charge in [0.1, 0.15) is 22.2 Å². The third kappa shape index (κ3) is 5.69. The molecule has 0 aliphatic heterocycles. The van der Waals surface area contributed by atoms with E-state index in [0.717, 1.165) is 71.5 Å². The molecule has 0 amide bonds. The lowest BCUT2D eigenvalue weighted by atomic mass is 9.88. The predicted octanol–water partition coefficient (Wildman–Crippen LogP) is 11.3. The number of rotatable bonds is 8. The molecule has 1 unspecified atom stereocenters. The fourth-order valence-electron chi connectivity index (χ4n) is 6.91. The zero-order valence-corrected chi connectivity index (χ0v) is 27.8. The molecule has 0 N–H and O–H groups in total. The van der Waals surface area contributed by atoms with Crippen LogP contribution in [0.15, 0.2) is 172 Å². The summed E-state index contributed by atoms with van der Waals surface area (Å²) in [4.78, 5) is 4.56. The van der Waals surface area contributed by atoms with Crippen molar-refractivity contribution in [3.05, 3.63) is 186 Å². The molecular formula is C47H35NO2. The molecule has 0 radical (unpaired) electrons. The number of hydrogen-bond donors (Lipinski definition) is 0. The van der Waals surface area contributed by atoms with Crippen molar-refractivity contribution in [2.75, 3.05) is 0 Å². The van der Waals surface area contributed by atoms with E-state index in [2.05, 4.69) is 140 Å². The Labute approximate surface area is 291 Å². The summed E-state index contributed by atoms with van der Waals surface area (Å²) >= 11 is 0. The van der Waals surface area contributed by atoms with Crippen molar-refractivity contribution in [2.45, 2.75) is 12.8 Å². The molecule has 6 aromatic carbocycles. The average Bonchev–Trinajstić information content (AvgIpc) is 3.73. The van der Waals surface area contributed by atoms with Crippen molar-refractivity contribution in [1.82, 2.24) is 0 Å². The number of hydrogen-bond acceptors (Lipinski definition) is 3. The SMILES string of the molecule is C=C/C=c1\c(=C/C)oc2cc(C(/C=C(\N=C)c3ccc4c(c3)oc3ccccc34)c3ccc(-c4cccc(-c5ccccc5)c4)cc3)ccc12. The maximum absolute atomic E-state index is 6.34. The number of benzene rings is 6. The Morgan fingerprint density at radius 2 is 1.26 bits per heavy atom. The molecule has 2 aromatic heterocycles. The standard InChI is InChI=1S/C47H35NO2/c1-4-12-38-40-25-23-36(28-46(40)49-44(38)5-2)42(30-43(48-3)37-24-26-41-39-17-9-10-18-45(39)50-47(41)29-37)33-21-19-32(20-22-33)35-16-11-15-34(27-35)31-13-7-6-8-14-31/h4-30,42H,1,3H2,2H3/b38-12-,43-30-,44-5+. The highest BCUT2D eigenvalue weighted by atomic mass is 16.3. The molecule has 0 fully saturated rings. The van der Waals surface area contributed by atoms with Gasteiger partial charge in [-0.1, -0.05) is 128 Å². The normalized spacial score (nSPS) is 13.3. The van der Waals surface area contributed by atoms with E-state index in [9.17, 15) is 0 Å². The van der Waals surface area contributed by atoms with Crippen LogP contribution in [0.5, 0.6) is 0 Å². The molecule has 0 bridgehead atoms. The van der Waals surface area contributed by atoms with Crippen LogP contribution < -0.4 is 10.6 Å². The predicted molar refractivity (Wildman–Crippen MR) is 211 cm³/mol. The summed E-state index contributed by atoms with van der Waals surface area (Å²) in [7, 11) is 0. The fraction of sp³-hybridized carbons (Fsp3) is 0.0426. The minimum absolute atomic E-state index is 0.137. The lowest BCUT2D eigenvalue weighted by Crippen LogP contribution is -2.18. The van der Waals surface area contributed by atoms with Crippen LogP contribution in [0.2, 0.25) is 0 Å². The largest absolute Gasteiger partial charge is 0.456 e. The van der Waals surface area contributed by atoms with Crippen molar-refractivity contribution in [1.29, 1.82) is 0 Å². The number of allylic oxidation sites excluding steroid dienone is 2. The van der Waals surface area contributed by atoms with Crippen molar-refractivity contribution >= 4 is 57.5 Å². The second-order valence-electron chi connectivity index (χ2n) is 12.4. The Hall–Kier alpha value is -6.45. The quantitative estimate of drug-likeness (QED) is 0.154. The monoisotopic (exact) mass is 645 g/mol. The zero-order chi connectivity index (χ0) is 34.0. The summed E-state index contributed by atoms with van der Waals surface area (Å²) < 4.78 is 12.6. The first-order valence-electron chi connectivity index (χ1n) is 16.8.